The van der Waals surface area contributed by atoms with Crippen molar-refractivity contribution < 1.29 is 13.2 Å². The SMILES string of the molecule is CC=CC1CCC(C2CCC(c3ccc(-c4ccc(-c5ccc(CCCCCCC)c(F)c5F)cc4)cc3F)CC2)CC1. The molecule has 2 saturated carbocycles. The second-order valence-electron chi connectivity index (χ2n) is 13.2. The second kappa shape index (κ2) is 15.3. The topological polar surface area (TPSA) is 0 Å². The predicted molar refractivity (Wildman–Crippen MR) is 175 cm³/mol. The molecule has 2 aliphatic carbocycles. The summed E-state index contributed by atoms with van der Waals surface area (Å²) in [7, 11) is 0. The summed E-state index contributed by atoms with van der Waals surface area (Å²) in [5, 5.41) is 0. The molecule has 0 aliphatic heterocycles. The number of benzene rings is 3. The van der Waals surface area contributed by atoms with Gasteiger partial charge in [0.25, 0.3) is 0 Å². The van der Waals surface area contributed by atoms with Crippen molar-refractivity contribution in [3.63, 3.8) is 0 Å². The zero-order valence-corrected chi connectivity index (χ0v) is 26.2. The van der Waals surface area contributed by atoms with E-state index in [0.29, 0.717) is 23.5 Å². The maximum Gasteiger partial charge on any atom is 0.166 e. The Bertz CT molecular complexity index is 1340. The fraction of sp³-hybridized carbons (Fsp3) is 0.500. The molecular formula is C40H49F3. The Morgan fingerprint density at radius 3 is 1.93 bits per heavy atom. The van der Waals surface area contributed by atoms with Crippen molar-refractivity contribution in [1.82, 2.24) is 0 Å². The van der Waals surface area contributed by atoms with E-state index in [0.717, 1.165) is 73.0 Å². The Hall–Kier alpha value is -2.81. The highest BCUT2D eigenvalue weighted by atomic mass is 19.2. The number of aryl methyl sites for hydroxylation is 1. The molecule has 230 valence electrons. The van der Waals surface area contributed by atoms with Gasteiger partial charge in [0.1, 0.15) is 5.82 Å². The molecule has 0 amide bonds. The minimum Gasteiger partial charge on any atom is -0.207 e. The van der Waals surface area contributed by atoms with Crippen molar-refractivity contribution in [3.05, 3.63) is 95.3 Å². The van der Waals surface area contributed by atoms with Crippen molar-refractivity contribution in [2.24, 2.45) is 17.8 Å². The molecule has 0 bridgehead atoms. The van der Waals surface area contributed by atoms with Gasteiger partial charge in [0.2, 0.25) is 0 Å². The fourth-order valence-electron chi connectivity index (χ4n) is 7.79. The predicted octanol–water partition coefficient (Wildman–Crippen LogP) is 12.6. The maximum atomic E-state index is 15.4. The van der Waals surface area contributed by atoms with Crippen molar-refractivity contribution in [2.75, 3.05) is 0 Å². The van der Waals surface area contributed by atoms with Crippen molar-refractivity contribution >= 4 is 0 Å². The first-order valence-electron chi connectivity index (χ1n) is 17.0. The lowest BCUT2D eigenvalue weighted by atomic mass is 9.68. The van der Waals surface area contributed by atoms with Gasteiger partial charge in [-0.2, -0.15) is 0 Å². The summed E-state index contributed by atoms with van der Waals surface area (Å²) >= 11 is 0. The fourth-order valence-corrected chi connectivity index (χ4v) is 7.79. The van der Waals surface area contributed by atoms with E-state index >= 15 is 8.78 Å². The van der Waals surface area contributed by atoms with Crippen molar-refractivity contribution in [2.45, 2.75) is 110 Å². The third-order valence-electron chi connectivity index (χ3n) is 10.4. The molecule has 0 atom stereocenters. The Labute approximate surface area is 257 Å². The summed E-state index contributed by atoms with van der Waals surface area (Å²) in [6.07, 6.45) is 20.4. The van der Waals surface area contributed by atoms with Gasteiger partial charge >= 0.3 is 0 Å². The molecule has 0 radical (unpaired) electrons. The van der Waals surface area contributed by atoms with Crippen LogP contribution in [-0.4, -0.2) is 0 Å². The molecule has 3 heteroatoms. The lowest BCUT2D eigenvalue weighted by molar-refractivity contribution is 0.171. The Balaban J connectivity index is 1.18. The summed E-state index contributed by atoms with van der Waals surface area (Å²) in [5.41, 5.74) is 3.87. The van der Waals surface area contributed by atoms with Gasteiger partial charge in [-0.3, -0.25) is 0 Å². The van der Waals surface area contributed by atoms with E-state index in [2.05, 4.69) is 26.0 Å². The Morgan fingerprint density at radius 1 is 0.651 bits per heavy atom. The molecule has 2 fully saturated rings. The van der Waals surface area contributed by atoms with E-state index in [1.807, 2.05) is 24.3 Å². The van der Waals surface area contributed by atoms with E-state index in [1.165, 1.54) is 44.9 Å². The minimum atomic E-state index is -0.787. The molecule has 0 heterocycles. The maximum absolute atomic E-state index is 15.4. The first-order valence-corrected chi connectivity index (χ1v) is 17.0. The second-order valence-corrected chi connectivity index (χ2v) is 13.2. The minimum absolute atomic E-state index is 0.129. The molecule has 5 rings (SSSR count). The van der Waals surface area contributed by atoms with E-state index in [1.54, 1.807) is 30.3 Å². The van der Waals surface area contributed by atoms with Crippen LogP contribution in [-0.2, 0) is 6.42 Å². The number of hydrogen-bond donors (Lipinski definition) is 0. The van der Waals surface area contributed by atoms with Crippen LogP contribution in [0.1, 0.15) is 114 Å². The lowest BCUT2D eigenvalue weighted by Crippen LogP contribution is -2.25. The number of unbranched alkanes of at least 4 members (excludes halogenated alkanes) is 4. The lowest BCUT2D eigenvalue weighted by Gasteiger charge is -2.37. The molecule has 0 saturated heterocycles. The van der Waals surface area contributed by atoms with Gasteiger partial charge in [0.05, 0.1) is 0 Å². The monoisotopic (exact) mass is 586 g/mol. The van der Waals surface area contributed by atoms with Crippen LogP contribution >= 0.6 is 0 Å². The van der Waals surface area contributed by atoms with Crippen LogP contribution in [0.2, 0.25) is 0 Å². The molecule has 0 unspecified atom stereocenters. The summed E-state index contributed by atoms with van der Waals surface area (Å²) in [5.74, 6) is 1.06. The first-order chi connectivity index (χ1) is 21.0. The van der Waals surface area contributed by atoms with E-state index in [4.69, 9.17) is 0 Å². The van der Waals surface area contributed by atoms with Crippen LogP contribution in [0.3, 0.4) is 0 Å². The van der Waals surface area contributed by atoms with Gasteiger partial charge in [-0.15, -0.1) is 0 Å². The molecule has 3 aromatic carbocycles. The van der Waals surface area contributed by atoms with Gasteiger partial charge in [-0.25, -0.2) is 13.2 Å². The Kier molecular flexibility index (Phi) is 11.2. The number of hydrogen-bond acceptors (Lipinski definition) is 0. The van der Waals surface area contributed by atoms with E-state index < -0.39 is 11.6 Å². The largest absolute Gasteiger partial charge is 0.207 e. The van der Waals surface area contributed by atoms with Crippen LogP contribution in [0.15, 0.2) is 66.7 Å². The van der Waals surface area contributed by atoms with Crippen LogP contribution in [0.5, 0.6) is 0 Å². The molecule has 2 aliphatic rings. The highest BCUT2D eigenvalue weighted by molar-refractivity contribution is 5.71. The highest BCUT2D eigenvalue weighted by Crippen LogP contribution is 2.45. The molecule has 0 nitrogen and oxygen atoms in total. The van der Waals surface area contributed by atoms with Gasteiger partial charge < -0.3 is 0 Å². The van der Waals surface area contributed by atoms with Crippen molar-refractivity contribution in [3.8, 4) is 22.3 Å². The molecule has 3 aromatic rings. The van der Waals surface area contributed by atoms with E-state index in [9.17, 15) is 4.39 Å². The number of rotatable bonds is 11. The third-order valence-corrected chi connectivity index (χ3v) is 10.4. The van der Waals surface area contributed by atoms with Crippen LogP contribution < -0.4 is 0 Å². The van der Waals surface area contributed by atoms with Gasteiger partial charge in [0, 0.05) is 5.56 Å². The van der Waals surface area contributed by atoms with Crippen LogP contribution in [0.25, 0.3) is 22.3 Å². The van der Waals surface area contributed by atoms with Gasteiger partial charge in [-0.05, 0) is 129 Å². The highest BCUT2D eigenvalue weighted by Gasteiger charge is 2.31. The summed E-state index contributed by atoms with van der Waals surface area (Å²) in [6.45, 7) is 4.29. The third kappa shape index (κ3) is 7.83. The summed E-state index contributed by atoms with van der Waals surface area (Å²) < 4.78 is 45.3. The zero-order chi connectivity index (χ0) is 30.2. The van der Waals surface area contributed by atoms with Crippen LogP contribution in [0, 0.1) is 35.2 Å². The van der Waals surface area contributed by atoms with Crippen LogP contribution in [0.4, 0.5) is 13.2 Å². The zero-order valence-electron chi connectivity index (χ0n) is 26.2. The molecule has 43 heavy (non-hydrogen) atoms. The summed E-state index contributed by atoms with van der Waals surface area (Å²) in [6, 6.07) is 16.4. The number of halogens is 3. The van der Waals surface area contributed by atoms with Gasteiger partial charge in [-0.1, -0.05) is 93.3 Å². The van der Waals surface area contributed by atoms with Gasteiger partial charge in [0.15, 0.2) is 11.6 Å². The normalized spacial score (nSPS) is 22.7. The quantitative estimate of drug-likeness (QED) is 0.155. The van der Waals surface area contributed by atoms with E-state index in [-0.39, 0.29) is 11.4 Å². The molecule has 0 spiro atoms. The molecule has 0 N–H and O–H groups in total. The van der Waals surface area contributed by atoms with Crippen molar-refractivity contribution in [1.29, 1.82) is 0 Å². The average Bonchev–Trinajstić information content (AvgIpc) is 3.04. The Morgan fingerprint density at radius 2 is 1.28 bits per heavy atom. The standard InChI is InChI=1S/C40H49F3/c1-3-5-6-7-8-10-34-23-26-37(40(43)39(34)42)33-21-17-31(18-22-33)35-24-25-36(38(41)27-35)32-19-15-30(16-20-32)29-13-11-28(9-4-2)12-14-29/h4,9,17-18,21-30,32H,3,5-8,10-16,19-20H2,1-2H3. The first kappa shape index (κ1) is 31.6. The summed E-state index contributed by atoms with van der Waals surface area (Å²) in [4.78, 5) is 0. The molecule has 0 aromatic heterocycles. The number of allylic oxidation sites excluding steroid dienone is 2. The molecular weight excluding hydrogens is 537 g/mol. The smallest absolute Gasteiger partial charge is 0.166 e. The average molecular weight is 587 g/mol.